The van der Waals surface area contributed by atoms with Gasteiger partial charge in [-0.2, -0.15) is 0 Å². The van der Waals surface area contributed by atoms with Crippen LogP contribution < -0.4 is 33.8 Å². The van der Waals surface area contributed by atoms with Crippen LogP contribution >= 0.6 is 27.3 Å². The van der Waals surface area contributed by atoms with Gasteiger partial charge < -0.3 is 23.7 Å². The van der Waals surface area contributed by atoms with Crippen molar-refractivity contribution in [3.8, 4) is 35.3 Å². The fourth-order valence-corrected chi connectivity index (χ4v) is 5.96. The van der Waals surface area contributed by atoms with E-state index in [1.807, 2.05) is 0 Å². The quantitative estimate of drug-likeness (QED) is 0.264. The summed E-state index contributed by atoms with van der Waals surface area (Å²) in [6.45, 7) is 3.63. The Morgan fingerprint density at radius 2 is 1.88 bits per heavy atom. The van der Waals surface area contributed by atoms with Crippen molar-refractivity contribution in [3.63, 3.8) is 0 Å². The number of hydrogen-bond donors (Lipinski definition) is 0. The maximum absolute atomic E-state index is 14.0. The lowest BCUT2D eigenvalue weighted by molar-refractivity contribution is -0.139. The SMILES string of the molecule is C#CCOc1c(/C=c2\sc3n(c2=O)[C@H](c2cc(OC)c(OC)cc2Br)C(C(=O)OCC)=C(C)N=3)cccc1OC. The molecule has 1 aliphatic rings. The molecule has 0 saturated heterocycles. The van der Waals surface area contributed by atoms with Gasteiger partial charge in [0.2, 0.25) is 0 Å². The second kappa shape index (κ2) is 12.4. The molecule has 2 heterocycles. The highest BCUT2D eigenvalue weighted by atomic mass is 79.9. The first-order valence-corrected chi connectivity index (χ1v) is 13.7. The van der Waals surface area contributed by atoms with Crippen LogP contribution in [0.2, 0.25) is 0 Å². The van der Waals surface area contributed by atoms with Crippen molar-refractivity contribution >= 4 is 39.3 Å². The van der Waals surface area contributed by atoms with Gasteiger partial charge in [0.25, 0.3) is 5.56 Å². The van der Waals surface area contributed by atoms with Crippen molar-refractivity contribution in [2.45, 2.75) is 19.9 Å². The summed E-state index contributed by atoms with van der Waals surface area (Å²) in [4.78, 5) is 32.3. The number of terminal acetylenes is 1. The Hall–Kier alpha value is -4.01. The Balaban J connectivity index is 2.01. The number of fused-ring (bicyclic) bond motifs is 1. The van der Waals surface area contributed by atoms with Crippen LogP contribution in [0, 0.1) is 12.3 Å². The minimum atomic E-state index is -0.853. The predicted octanol–water partition coefficient (Wildman–Crippen LogP) is 3.60. The van der Waals surface area contributed by atoms with Crippen LogP contribution in [-0.4, -0.2) is 45.1 Å². The van der Waals surface area contributed by atoms with Crippen LogP contribution in [0.15, 0.2) is 55.9 Å². The zero-order chi connectivity index (χ0) is 29.0. The molecule has 0 radical (unpaired) electrons. The smallest absolute Gasteiger partial charge is 0.338 e. The van der Waals surface area contributed by atoms with Crippen LogP contribution in [0.4, 0.5) is 0 Å². The number of esters is 1. The summed E-state index contributed by atoms with van der Waals surface area (Å²) in [5, 5.41) is 0. The molecule has 0 spiro atoms. The lowest BCUT2D eigenvalue weighted by atomic mass is 9.95. The van der Waals surface area contributed by atoms with E-state index in [1.54, 1.807) is 50.3 Å². The van der Waals surface area contributed by atoms with E-state index in [0.29, 0.717) is 53.6 Å². The third-order valence-corrected chi connectivity index (χ3v) is 7.80. The Kier molecular flexibility index (Phi) is 9.02. The number of ether oxygens (including phenoxy) is 5. The van der Waals surface area contributed by atoms with Crippen molar-refractivity contribution in [3.05, 3.63) is 76.9 Å². The second-order valence-corrected chi connectivity index (χ2v) is 10.3. The minimum Gasteiger partial charge on any atom is -0.493 e. The third-order valence-electron chi connectivity index (χ3n) is 6.13. The molecule has 4 rings (SSSR count). The normalized spacial score (nSPS) is 14.6. The zero-order valence-corrected chi connectivity index (χ0v) is 25.0. The standard InChI is InChI=1S/C29H27BrN2O7S/c1-7-12-39-26-17(10-9-11-20(26)35-4)13-23-27(33)32-25(18-14-21(36-5)22(37-6)15-19(18)30)24(28(34)38-8-2)16(3)31-29(32)40-23/h1,9-11,13-15,25H,8,12H2,2-6H3/b23-13-/t25-/m1/s1. The van der Waals surface area contributed by atoms with E-state index in [2.05, 4.69) is 26.8 Å². The summed E-state index contributed by atoms with van der Waals surface area (Å²) in [6.07, 6.45) is 7.10. The van der Waals surface area contributed by atoms with Gasteiger partial charge in [-0.15, -0.1) is 6.42 Å². The summed E-state index contributed by atoms with van der Waals surface area (Å²) >= 11 is 4.79. The number of allylic oxidation sites excluding steroid dienone is 1. The molecule has 0 aliphatic carbocycles. The van der Waals surface area contributed by atoms with E-state index >= 15 is 0 Å². The van der Waals surface area contributed by atoms with E-state index in [-0.39, 0.29) is 24.3 Å². The minimum absolute atomic E-state index is 0.0257. The van der Waals surface area contributed by atoms with E-state index in [9.17, 15) is 9.59 Å². The number of carbonyl (C=O) groups excluding carboxylic acids is 1. The number of halogens is 1. The van der Waals surface area contributed by atoms with E-state index in [1.165, 1.54) is 37.2 Å². The summed E-state index contributed by atoms with van der Waals surface area (Å²) in [5.74, 6) is 3.69. The average Bonchev–Trinajstić information content (AvgIpc) is 3.25. The Labute approximate surface area is 243 Å². The molecule has 11 heteroatoms. The topological polar surface area (TPSA) is 97.6 Å². The predicted molar refractivity (Wildman–Crippen MR) is 155 cm³/mol. The number of para-hydroxylation sites is 1. The number of hydrogen-bond acceptors (Lipinski definition) is 9. The van der Waals surface area contributed by atoms with Gasteiger partial charge in [-0.05, 0) is 43.7 Å². The Morgan fingerprint density at radius 1 is 1.18 bits per heavy atom. The first kappa shape index (κ1) is 29.0. The highest BCUT2D eigenvalue weighted by Gasteiger charge is 2.35. The lowest BCUT2D eigenvalue weighted by Crippen LogP contribution is -2.40. The summed E-state index contributed by atoms with van der Waals surface area (Å²) in [5.41, 5.74) is 1.54. The first-order valence-electron chi connectivity index (χ1n) is 12.1. The van der Waals surface area contributed by atoms with Crippen molar-refractivity contribution in [1.29, 1.82) is 0 Å². The number of methoxy groups -OCH3 is 3. The van der Waals surface area contributed by atoms with Gasteiger partial charge in [-0.3, -0.25) is 9.36 Å². The molecule has 0 N–H and O–H groups in total. The maximum atomic E-state index is 14.0. The fraction of sp³-hybridized carbons (Fsp3) is 0.276. The lowest BCUT2D eigenvalue weighted by Gasteiger charge is -2.26. The van der Waals surface area contributed by atoms with Gasteiger partial charge in [-0.25, -0.2) is 9.79 Å². The Morgan fingerprint density at radius 3 is 2.52 bits per heavy atom. The van der Waals surface area contributed by atoms with Gasteiger partial charge in [-0.1, -0.05) is 45.3 Å². The van der Waals surface area contributed by atoms with Crippen LogP contribution in [0.1, 0.15) is 31.0 Å². The number of carbonyl (C=O) groups is 1. The molecular formula is C29H27BrN2O7S. The fourth-order valence-electron chi connectivity index (χ4n) is 4.38. The van der Waals surface area contributed by atoms with Gasteiger partial charge in [0, 0.05) is 10.0 Å². The highest BCUT2D eigenvalue weighted by Crippen LogP contribution is 2.41. The van der Waals surface area contributed by atoms with Crippen molar-refractivity contribution in [2.24, 2.45) is 4.99 Å². The second-order valence-electron chi connectivity index (χ2n) is 8.40. The number of rotatable bonds is 9. The Bertz CT molecular complexity index is 1720. The molecule has 1 aliphatic heterocycles. The molecule has 208 valence electrons. The number of thiazole rings is 1. The van der Waals surface area contributed by atoms with E-state index in [0.717, 1.165) is 0 Å². The van der Waals surface area contributed by atoms with Crippen molar-refractivity contribution in [2.75, 3.05) is 34.5 Å². The van der Waals surface area contributed by atoms with Gasteiger partial charge in [0.15, 0.2) is 27.8 Å². The zero-order valence-electron chi connectivity index (χ0n) is 22.6. The number of benzene rings is 2. The molecule has 40 heavy (non-hydrogen) atoms. The van der Waals surface area contributed by atoms with E-state index < -0.39 is 12.0 Å². The van der Waals surface area contributed by atoms with Crippen molar-refractivity contribution in [1.82, 2.24) is 4.57 Å². The molecule has 9 nitrogen and oxygen atoms in total. The maximum Gasteiger partial charge on any atom is 0.338 e. The molecule has 2 aromatic carbocycles. The molecule has 0 saturated carbocycles. The van der Waals surface area contributed by atoms with Crippen molar-refractivity contribution < 1.29 is 28.5 Å². The summed E-state index contributed by atoms with van der Waals surface area (Å²) < 4.78 is 30.0. The molecule has 3 aromatic rings. The molecule has 0 amide bonds. The number of aromatic nitrogens is 1. The molecule has 0 fully saturated rings. The molecule has 0 bridgehead atoms. The first-order chi connectivity index (χ1) is 19.3. The highest BCUT2D eigenvalue weighted by molar-refractivity contribution is 9.10. The molecular weight excluding hydrogens is 600 g/mol. The molecule has 1 atom stereocenters. The molecule has 1 aromatic heterocycles. The summed E-state index contributed by atoms with van der Waals surface area (Å²) in [6, 6.07) is 7.94. The van der Waals surface area contributed by atoms with Gasteiger partial charge in [0.05, 0.1) is 49.8 Å². The van der Waals surface area contributed by atoms with Gasteiger partial charge in [0.1, 0.15) is 6.61 Å². The van der Waals surface area contributed by atoms with Crippen LogP contribution in [-0.2, 0) is 9.53 Å². The van der Waals surface area contributed by atoms with Gasteiger partial charge >= 0.3 is 5.97 Å². The van der Waals surface area contributed by atoms with Crippen LogP contribution in [0.25, 0.3) is 6.08 Å². The monoisotopic (exact) mass is 626 g/mol. The third kappa shape index (κ3) is 5.37. The summed E-state index contributed by atoms with van der Waals surface area (Å²) in [7, 11) is 4.57. The average molecular weight is 628 g/mol. The van der Waals surface area contributed by atoms with Crippen LogP contribution in [0.5, 0.6) is 23.0 Å². The van der Waals surface area contributed by atoms with E-state index in [4.69, 9.17) is 30.1 Å². The molecule has 0 unspecified atom stereocenters. The largest absolute Gasteiger partial charge is 0.493 e. The number of nitrogens with zero attached hydrogens (tertiary/aromatic N) is 2. The van der Waals surface area contributed by atoms with Crippen LogP contribution in [0.3, 0.4) is 0 Å².